The smallest absolute Gasteiger partial charge is 0.167 e. The molecule has 1 aliphatic rings. The topological polar surface area (TPSA) is 65.0 Å². The van der Waals surface area contributed by atoms with E-state index in [4.69, 9.17) is 23.8 Å². The summed E-state index contributed by atoms with van der Waals surface area (Å²) in [6.07, 6.45) is 5.21. The molecule has 48 heavy (non-hydrogen) atoms. The Morgan fingerprint density at radius 3 is 2.10 bits per heavy atom. The van der Waals surface area contributed by atoms with Gasteiger partial charge in [-0.05, 0) is 59.0 Å². The van der Waals surface area contributed by atoms with Crippen molar-refractivity contribution in [2.45, 2.75) is 12.3 Å². The van der Waals surface area contributed by atoms with Gasteiger partial charge in [0.1, 0.15) is 28.2 Å². The zero-order chi connectivity index (χ0) is 31.6. The maximum absolute atomic E-state index is 6.48. The van der Waals surface area contributed by atoms with Crippen LogP contribution in [0.15, 0.2) is 148 Å². The van der Waals surface area contributed by atoms with Crippen LogP contribution in [0.4, 0.5) is 0 Å². The molecular formula is C43H27N3O2. The molecule has 0 saturated heterocycles. The molecule has 10 rings (SSSR count). The number of benzene rings is 6. The average Bonchev–Trinajstić information content (AvgIpc) is 3.73. The van der Waals surface area contributed by atoms with Crippen LogP contribution in [0.3, 0.4) is 0 Å². The van der Waals surface area contributed by atoms with Crippen molar-refractivity contribution in [3.8, 4) is 33.9 Å². The number of rotatable bonds is 4. The summed E-state index contributed by atoms with van der Waals surface area (Å²) in [5.74, 6) is 1.88. The Morgan fingerprint density at radius 2 is 1.23 bits per heavy atom. The monoisotopic (exact) mass is 617 g/mol. The van der Waals surface area contributed by atoms with Crippen LogP contribution in [0.5, 0.6) is 0 Å². The van der Waals surface area contributed by atoms with Gasteiger partial charge in [-0.25, -0.2) is 15.0 Å². The largest absolute Gasteiger partial charge is 0.456 e. The standard InChI is InChI=1S/C43H27N3O2/c1-2-11-26(12-3-1)30-24-35(39-33-16-7-9-20-37(33)47-38(39)25-30)43-45-41(29-22-21-27-13-4-5-14-28(27)23-29)44-42(46-43)34-18-10-17-32-31-15-6-8-19-36(31)48-40(32)34/h1-22,24-25,29H,23H2. The summed E-state index contributed by atoms with van der Waals surface area (Å²) >= 11 is 0. The highest BCUT2D eigenvalue weighted by Gasteiger charge is 2.24. The molecule has 0 spiro atoms. The first-order chi connectivity index (χ1) is 23.8. The predicted octanol–water partition coefficient (Wildman–Crippen LogP) is 11.0. The highest BCUT2D eigenvalue weighted by Crippen LogP contribution is 2.41. The van der Waals surface area contributed by atoms with E-state index in [1.165, 1.54) is 11.1 Å². The molecular weight excluding hydrogens is 590 g/mol. The first kappa shape index (κ1) is 26.8. The third-order valence-electron chi connectivity index (χ3n) is 9.46. The number of aromatic nitrogens is 3. The molecule has 1 aliphatic carbocycles. The second-order valence-electron chi connectivity index (χ2n) is 12.4. The van der Waals surface area contributed by atoms with E-state index in [0.717, 1.165) is 78.4 Å². The molecule has 0 aliphatic heterocycles. The Labute approximate surface area is 275 Å². The summed E-state index contributed by atoms with van der Waals surface area (Å²) in [5, 5.41) is 4.11. The fourth-order valence-corrected chi connectivity index (χ4v) is 7.14. The average molecular weight is 618 g/mol. The molecule has 5 heteroatoms. The molecule has 6 aromatic carbocycles. The number of hydrogen-bond acceptors (Lipinski definition) is 5. The van der Waals surface area contributed by atoms with Crippen molar-refractivity contribution in [2.24, 2.45) is 0 Å². The van der Waals surface area contributed by atoms with Crippen LogP contribution < -0.4 is 0 Å². The van der Waals surface area contributed by atoms with Gasteiger partial charge in [0, 0.05) is 33.0 Å². The zero-order valence-corrected chi connectivity index (χ0v) is 25.8. The van der Waals surface area contributed by atoms with Crippen LogP contribution in [0, 0.1) is 0 Å². The van der Waals surface area contributed by atoms with Gasteiger partial charge in [-0.15, -0.1) is 0 Å². The van der Waals surface area contributed by atoms with Gasteiger partial charge in [0.15, 0.2) is 11.6 Å². The van der Waals surface area contributed by atoms with Crippen molar-refractivity contribution in [1.29, 1.82) is 0 Å². The van der Waals surface area contributed by atoms with E-state index in [0.29, 0.717) is 11.6 Å². The molecule has 0 saturated carbocycles. The first-order valence-corrected chi connectivity index (χ1v) is 16.2. The maximum atomic E-state index is 6.48. The summed E-state index contributed by atoms with van der Waals surface area (Å²) in [4.78, 5) is 15.7. The molecule has 1 unspecified atom stereocenters. The van der Waals surface area contributed by atoms with E-state index < -0.39 is 0 Å². The molecule has 0 amide bonds. The van der Waals surface area contributed by atoms with E-state index in [1.807, 2.05) is 48.5 Å². The third kappa shape index (κ3) is 4.28. The number of para-hydroxylation sites is 3. The van der Waals surface area contributed by atoms with Gasteiger partial charge in [-0.1, -0.05) is 115 Å². The van der Waals surface area contributed by atoms with Crippen LogP contribution in [0.25, 0.3) is 83.9 Å². The van der Waals surface area contributed by atoms with Crippen LogP contribution in [0.1, 0.15) is 22.9 Å². The van der Waals surface area contributed by atoms with Gasteiger partial charge in [0.05, 0.1) is 5.56 Å². The third-order valence-corrected chi connectivity index (χ3v) is 9.46. The molecule has 3 aromatic heterocycles. The Kier molecular flexibility index (Phi) is 5.93. The van der Waals surface area contributed by atoms with Crippen molar-refractivity contribution in [1.82, 2.24) is 15.0 Å². The first-order valence-electron chi connectivity index (χ1n) is 16.2. The second kappa shape index (κ2) is 10.6. The lowest BCUT2D eigenvalue weighted by molar-refractivity contribution is 0.668. The van der Waals surface area contributed by atoms with Crippen LogP contribution in [-0.2, 0) is 6.42 Å². The molecule has 0 radical (unpaired) electrons. The van der Waals surface area contributed by atoms with Gasteiger partial charge in [-0.3, -0.25) is 0 Å². The van der Waals surface area contributed by atoms with E-state index in [9.17, 15) is 0 Å². The highest BCUT2D eigenvalue weighted by molar-refractivity contribution is 6.13. The molecule has 1 atom stereocenters. The van der Waals surface area contributed by atoms with Crippen molar-refractivity contribution in [3.05, 3.63) is 156 Å². The predicted molar refractivity (Wildman–Crippen MR) is 193 cm³/mol. The molecule has 226 valence electrons. The Bertz CT molecular complexity index is 2720. The van der Waals surface area contributed by atoms with E-state index in [-0.39, 0.29) is 5.92 Å². The van der Waals surface area contributed by atoms with E-state index in [2.05, 4.69) is 97.1 Å². The SMILES string of the molecule is C1=CC(c2nc(-c3cccc4c3oc3ccccc34)nc(-c3cc(-c4ccccc4)cc4oc5ccccc5c34)n2)Cc2ccccc21. The van der Waals surface area contributed by atoms with Gasteiger partial charge in [0.2, 0.25) is 0 Å². The molecule has 0 bridgehead atoms. The minimum atomic E-state index is -0.0239. The van der Waals surface area contributed by atoms with E-state index >= 15 is 0 Å². The Hall–Kier alpha value is -6.33. The maximum Gasteiger partial charge on any atom is 0.167 e. The van der Waals surface area contributed by atoms with E-state index in [1.54, 1.807) is 0 Å². The van der Waals surface area contributed by atoms with Gasteiger partial charge < -0.3 is 8.83 Å². The molecule has 0 fully saturated rings. The highest BCUT2D eigenvalue weighted by atomic mass is 16.3. The van der Waals surface area contributed by atoms with Crippen LogP contribution in [-0.4, -0.2) is 15.0 Å². The summed E-state index contributed by atoms with van der Waals surface area (Å²) < 4.78 is 12.9. The van der Waals surface area contributed by atoms with Gasteiger partial charge >= 0.3 is 0 Å². The molecule has 3 heterocycles. The fraction of sp³-hybridized carbons (Fsp3) is 0.0465. The lowest BCUT2D eigenvalue weighted by atomic mass is 9.89. The second-order valence-corrected chi connectivity index (χ2v) is 12.4. The van der Waals surface area contributed by atoms with Gasteiger partial charge in [0.25, 0.3) is 0 Å². The number of allylic oxidation sites excluding steroid dienone is 1. The minimum Gasteiger partial charge on any atom is -0.456 e. The molecule has 9 aromatic rings. The van der Waals surface area contributed by atoms with Crippen LogP contribution in [0.2, 0.25) is 0 Å². The van der Waals surface area contributed by atoms with Crippen molar-refractivity contribution in [3.63, 3.8) is 0 Å². The summed E-state index contributed by atoms with van der Waals surface area (Å²) in [7, 11) is 0. The lowest BCUT2D eigenvalue weighted by Gasteiger charge is -2.19. The number of hydrogen-bond donors (Lipinski definition) is 0. The number of furan rings is 2. The molecule has 5 nitrogen and oxygen atoms in total. The van der Waals surface area contributed by atoms with Crippen LogP contribution >= 0.6 is 0 Å². The van der Waals surface area contributed by atoms with Crippen molar-refractivity contribution in [2.75, 3.05) is 0 Å². The fourth-order valence-electron chi connectivity index (χ4n) is 7.14. The summed E-state index contributed by atoms with van der Waals surface area (Å²) in [6, 6.07) is 45.7. The summed E-state index contributed by atoms with van der Waals surface area (Å²) in [5.41, 5.74) is 9.60. The minimum absolute atomic E-state index is 0.0239. The Balaban J connectivity index is 1.26. The summed E-state index contributed by atoms with van der Waals surface area (Å²) in [6.45, 7) is 0. The number of fused-ring (bicyclic) bond motifs is 7. The Morgan fingerprint density at radius 1 is 0.521 bits per heavy atom. The lowest BCUT2D eigenvalue weighted by Crippen LogP contribution is -2.12. The van der Waals surface area contributed by atoms with Crippen molar-refractivity contribution >= 4 is 50.0 Å². The van der Waals surface area contributed by atoms with Gasteiger partial charge in [-0.2, -0.15) is 0 Å². The number of nitrogens with zero attached hydrogens (tertiary/aromatic N) is 3. The molecule has 0 N–H and O–H groups in total. The zero-order valence-electron chi connectivity index (χ0n) is 25.8. The normalized spacial score (nSPS) is 14.3. The quantitative estimate of drug-likeness (QED) is 0.197. The van der Waals surface area contributed by atoms with Crippen molar-refractivity contribution < 1.29 is 8.83 Å².